The molecule has 0 fully saturated rings. The van der Waals surface area contributed by atoms with Crippen LogP contribution in [0.25, 0.3) is 0 Å². The Labute approximate surface area is 140 Å². The van der Waals surface area contributed by atoms with Crippen LogP contribution in [0.3, 0.4) is 0 Å². The molecule has 1 amide bonds. The molecule has 0 aliphatic heterocycles. The van der Waals surface area contributed by atoms with Crippen molar-refractivity contribution in [1.82, 2.24) is 5.43 Å². The average molecular weight is 330 g/mol. The van der Waals surface area contributed by atoms with Crippen molar-refractivity contribution in [1.29, 1.82) is 0 Å². The normalized spacial score (nSPS) is 10.6. The van der Waals surface area contributed by atoms with E-state index in [1.165, 1.54) is 30.5 Å². The quantitative estimate of drug-likeness (QED) is 0.625. The van der Waals surface area contributed by atoms with Crippen molar-refractivity contribution in [3.8, 4) is 11.5 Å². The summed E-state index contributed by atoms with van der Waals surface area (Å²) in [6.45, 7) is 4.85. The highest BCUT2D eigenvalue weighted by Gasteiger charge is 2.06. The molecule has 0 atom stereocenters. The first-order valence-electron chi connectivity index (χ1n) is 7.62. The molecule has 0 spiro atoms. The molecule has 0 bridgehead atoms. The van der Waals surface area contributed by atoms with E-state index in [-0.39, 0.29) is 0 Å². The van der Waals surface area contributed by atoms with Gasteiger partial charge in [0.1, 0.15) is 5.82 Å². The number of amides is 1. The highest BCUT2D eigenvalue weighted by molar-refractivity contribution is 5.94. The Morgan fingerprint density at radius 3 is 2.42 bits per heavy atom. The van der Waals surface area contributed by atoms with Crippen molar-refractivity contribution < 1.29 is 18.7 Å². The number of carbonyl (C=O) groups excluding carboxylic acids is 1. The van der Waals surface area contributed by atoms with Crippen LogP contribution in [0.1, 0.15) is 29.8 Å². The van der Waals surface area contributed by atoms with Gasteiger partial charge in [-0.25, -0.2) is 9.82 Å². The number of hydrogen-bond donors (Lipinski definition) is 1. The summed E-state index contributed by atoms with van der Waals surface area (Å²) in [5.41, 5.74) is 3.47. The van der Waals surface area contributed by atoms with E-state index >= 15 is 0 Å². The third kappa shape index (κ3) is 4.81. The lowest BCUT2D eigenvalue weighted by Crippen LogP contribution is -2.17. The van der Waals surface area contributed by atoms with E-state index in [4.69, 9.17) is 9.47 Å². The fourth-order valence-electron chi connectivity index (χ4n) is 1.98. The molecule has 2 rings (SSSR count). The summed E-state index contributed by atoms with van der Waals surface area (Å²) in [5.74, 6) is 0.468. The lowest BCUT2D eigenvalue weighted by atomic mass is 10.2. The molecule has 2 aromatic rings. The molecule has 2 aromatic carbocycles. The first-order valence-corrected chi connectivity index (χ1v) is 7.62. The van der Waals surface area contributed by atoms with Crippen LogP contribution >= 0.6 is 0 Å². The maximum Gasteiger partial charge on any atom is 0.271 e. The van der Waals surface area contributed by atoms with E-state index in [9.17, 15) is 9.18 Å². The van der Waals surface area contributed by atoms with E-state index in [1.54, 1.807) is 18.2 Å². The highest BCUT2D eigenvalue weighted by Crippen LogP contribution is 2.27. The first kappa shape index (κ1) is 17.5. The summed E-state index contributed by atoms with van der Waals surface area (Å²) in [7, 11) is 0. The zero-order valence-corrected chi connectivity index (χ0v) is 13.6. The SMILES string of the molecule is CCOc1ccc(/C=N/NC(=O)c2ccc(F)cc2)cc1OCC. The van der Waals surface area contributed by atoms with E-state index in [0.29, 0.717) is 30.3 Å². The van der Waals surface area contributed by atoms with Gasteiger partial charge in [0.05, 0.1) is 19.4 Å². The summed E-state index contributed by atoms with van der Waals surface area (Å²) >= 11 is 0. The number of carbonyl (C=O) groups is 1. The van der Waals surface area contributed by atoms with E-state index < -0.39 is 11.7 Å². The molecule has 0 radical (unpaired) electrons. The maximum absolute atomic E-state index is 12.8. The Bertz CT molecular complexity index is 715. The zero-order chi connectivity index (χ0) is 17.4. The number of nitrogens with zero attached hydrogens (tertiary/aromatic N) is 1. The van der Waals surface area contributed by atoms with Gasteiger partial charge in [-0.2, -0.15) is 5.10 Å². The summed E-state index contributed by atoms with van der Waals surface area (Å²) < 4.78 is 23.8. The number of ether oxygens (including phenoxy) is 2. The number of halogens is 1. The minimum Gasteiger partial charge on any atom is -0.490 e. The standard InChI is InChI=1S/C18H19FN2O3/c1-3-23-16-10-5-13(11-17(16)24-4-2)12-20-21-18(22)14-6-8-15(19)9-7-14/h5-12H,3-4H2,1-2H3,(H,21,22)/b20-12+. The predicted molar refractivity (Wildman–Crippen MR) is 90.2 cm³/mol. The third-order valence-electron chi connectivity index (χ3n) is 3.05. The Balaban J connectivity index is 2.04. The number of benzene rings is 2. The van der Waals surface area contributed by atoms with Crippen molar-refractivity contribution in [3.05, 3.63) is 59.4 Å². The topological polar surface area (TPSA) is 59.9 Å². The van der Waals surface area contributed by atoms with Crippen LogP contribution in [0.4, 0.5) is 4.39 Å². The van der Waals surface area contributed by atoms with E-state index in [1.807, 2.05) is 13.8 Å². The lowest BCUT2D eigenvalue weighted by Gasteiger charge is -2.11. The van der Waals surface area contributed by atoms with Gasteiger partial charge in [0.15, 0.2) is 11.5 Å². The van der Waals surface area contributed by atoms with Crippen molar-refractivity contribution in [2.45, 2.75) is 13.8 Å². The van der Waals surface area contributed by atoms with Crippen molar-refractivity contribution in [2.24, 2.45) is 5.10 Å². The smallest absolute Gasteiger partial charge is 0.271 e. The molecule has 1 N–H and O–H groups in total. The van der Waals surface area contributed by atoms with E-state index in [0.717, 1.165) is 5.56 Å². The number of rotatable bonds is 7. The Morgan fingerprint density at radius 2 is 1.75 bits per heavy atom. The Morgan fingerprint density at radius 1 is 1.08 bits per heavy atom. The predicted octanol–water partition coefficient (Wildman–Crippen LogP) is 3.39. The van der Waals surface area contributed by atoms with Gasteiger partial charge in [-0.15, -0.1) is 0 Å². The van der Waals surface area contributed by atoms with E-state index in [2.05, 4.69) is 10.5 Å². The summed E-state index contributed by atoms with van der Waals surface area (Å²) in [4.78, 5) is 11.9. The van der Waals surface area contributed by atoms with Crippen LogP contribution in [-0.2, 0) is 0 Å². The van der Waals surface area contributed by atoms with Crippen LogP contribution in [-0.4, -0.2) is 25.3 Å². The first-order chi connectivity index (χ1) is 11.6. The minimum absolute atomic E-state index is 0.329. The van der Waals surface area contributed by atoms with Gasteiger partial charge in [-0.1, -0.05) is 0 Å². The largest absolute Gasteiger partial charge is 0.490 e. The monoisotopic (exact) mass is 330 g/mol. The highest BCUT2D eigenvalue weighted by atomic mass is 19.1. The number of nitrogens with one attached hydrogen (secondary N) is 1. The molecule has 0 unspecified atom stereocenters. The number of hydrazone groups is 1. The second-order valence-corrected chi connectivity index (χ2v) is 4.78. The van der Waals surface area contributed by atoms with Crippen LogP contribution in [0.15, 0.2) is 47.6 Å². The second-order valence-electron chi connectivity index (χ2n) is 4.78. The van der Waals surface area contributed by atoms with Crippen LogP contribution in [0.2, 0.25) is 0 Å². The summed E-state index contributed by atoms with van der Waals surface area (Å²) in [6, 6.07) is 10.6. The van der Waals surface area contributed by atoms with Crippen LogP contribution in [0.5, 0.6) is 11.5 Å². The molecule has 0 aromatic heterocycles. The molecule has 0 saturated heterocycles. The fraction of sp³-hybridized carbons (Fsp3) is 0.222. The summed E-state index contributed by atoms with van der Waals surface area (Å²) in [6.07, 6.45) is 1.50. The third-order valence-corrected chi connectivity index (χ3v) is 3.05. The Kier molecular flexibility index (Phi) is 6.31. The second kappa shape index (κ2) is 8.67. The molecule has 0 saturated carbocycles. The molecular formula is C18H19FN2O3. The van der Waals surface area contributed by atoms with Gasteiger partial charge in [0, 0.05) is 5.56 Å². The molecule has 0 aliphatic rings. The molecule has 126 valence electrons. The van der Waals surface area contributed by atoms with Crippen molar-refractivity contribution in [2.75, 3.05) is 13.2 Å². The van der Waals surface area contributed by atoms with Gasteiger partial charge in [0.25, 0.3) is 5.91 Å². The van der Waals surface area contributed by atoms with Gasteiger partial charge in [-0.05, 0) is 61.9 Å². The molecule has 24 heavy (non-hydrogen) atoms. The molecule has 6 heteroatoms. The summed E-state index contributed by atoms with van der Waals surface area (Å²) in [5, 5.41) is 3.90. The Hall–Kier alpha value is -2.89. The van der Waals surface area contributed by atoms with Crippen LogP contribution in [0, 0.1) is 5.82 Å². The molecular weight excluding hydrogens is 311 g/mol. The fourth-order valence-corrected chi connectivity index (χ4v) is 1.98. The maximum atomic E-state index is 12.8. The number of hydrogen-bond acceptors (Lipinski definition) is 4. The average Bonchev–Trinajstić information content (AvgIpc) is 2.58. The van der Waals surface area contributed by atoms with Crippen molar-refractivity contribution >= 4 is 12.1 Å². The lowest BCUT2D eigenvalue weighted by molar-refractivity contribution is 0.0955. The minimum atomic E-state index is -0.415. The van der Waals surface area contributed by atoms with Crippen molar-refractivity contribution in [3.63, 3.8) is 0 Å². The zero-order valence-electron chi connectivity index (χ0n) is 13.6. The van der Waals surface area contributed by atoms with Gasteiger partial charge >= 0.3 is 0 Å². The van der Waals surface area contributed by atoms with Gasteiger partial charge < -0.3 is 9.47 Å². The molecule has 0 aliphatic carbocycles. The molecule has 0 heterocycles. The van der Waals surface area contributed by atoms with Gasteiger partial charge in [-0.3, -0.25) is 4.79 Å². The van der Waals surface area contributed by atoms with Gasteiger partial charge in [0.2, 0.25) is 0 Å². The van der Waals surface area contributed by atoms with Crippen LogP contribution < -0.4 is 14.9 Å². The molecule has 5 nitrogen and oxygen atoms in total.